The van der Waals surface area contributed by atoms with Crippen LogP contribution in [0, 0.1) is 5.41 Å². The molecule has 0 spiro atoms. The van der Waals surface area contributed by atoms with E-state index < -0.39 is 5.89 Å². The Morgan fingerprint density at radius 3 is 2.62 bits per heavy atom. The minimum Gasteiger partial charge on any atom is -0.298 e. The van der Waals surface area contributed by atoms with Crippen LogP contribution in [0.4, 0.5) is 0 Å². The fourth-order valence-electron chi connectivity index (χ4n) is 2.42. The number of hydrogen-bond donors (Lipinski definition) is 0. The van der Waals surface area contributed by atoms with E-state index in [-0.39, 0.29) is 11.2 Å². The van der Waals surface area contributed by atoms with Crippen molar-refractivity contribution in [2.75, 3.05) is 0 Å². The average Bonchev–Trinajstić information content (AvgIpc) is 2.43. The fourth-order valence-corrected chi connectivity index (χ4v) is 2.42. The topological polar surface area (TPSA) is 17.1 Å². The van der Waals surface area contributed by atoms with E-state index in [4.69, 9.17) is 1.37 Å². The van der Waals surface area contributed by atoms with Crippen molar-refractivity contribution in [2.24, 2.45) is 5.41 Å². The van der Waals surface area contributed by atoms with Gasteiger partial charge < -0.3 is 0 Å². The Balaban J connectivity index is 2.44. The minimum absolute atomic E-state index is 0.0775. The van der Waals surface area contributed by atoms with Gasteiger partial charge in [-0.1, -0.05) is 57.0 Å². The highest BCUT2D eigenvalue weighted by Crippen LogP contribution is 2.38. The maximum atomic E-state index is 12.6. The predicted molar refractivity (Wildman–Crippen MR) is 66.4 cm³/mol. The average molecular weight is 217 g/mol. The fraction of sp³-hybridized carbons (Fsp3) is 0.533. The van der Waals surface area contributed by atoms with E-state index >= 15 is 0 Å². The molecule has 0 aromatic heterocycles. The Kier molecular flexibility index (Phi) is 2.77. The van der Waals surface area contributed by atoms with Crippen LogP contribution in [-0.4, -0.2) is 5.78 Å². The van der Waals surface area contributed by atoms with Crippen molar-refractivity contribution in [3.05, 3.63) is 35.9 Å². The quantitative estimate of drug-likeness (QED) is 0.651. The van der Waals surface area contributed by atoms with Crippen LogP contribution in [-0.2, 0) is 4.79 Å². The van der Waals surface area contributed by atoms with Gasteiger partial charge in [-0.25, -0.2) is 0 Å². The van der Waals surface area contributed by atoms with Crippen molar-refractivity contribution in [1.82, 2.24) is 0 Å². The second-order valence-electron chi connectivity index (χ2n) is 5.26. The molecular formula is C15H20O. The number of ketones is 1. The molecule has 86 valence electrons. The molecule has 1 aromatic rings. The van der Waals surface area contributed by atoms with Crippen molar-refractivity contribution >= 4 is 5.78 Å². The second-order valence-corrected chi connectivity index (χ2v) is 5.26. The summed E-state index contributed by atoms with van der Waals surface area (Å²) in [4.78, 5) is 12.6. The van der Waals surface area contributed by atoms with Gasteiger partial charge in [0, 0.05) is 12.7 Å². The van der Waals surface area contributed by atoms with E-state index in [9.17, 15) is 4.79 Å². The van der Waals surface area contributed by atoms with Crippen LogP contribution >= 0.6 is 0 Å². The van der Waals surface area contributed by atoms with Gasteiger partial charge in [-0.2, -0.15) is 0 Å². The first-order valence-electron chi connectivity index (χ1n) is 6.57. The molecule has 0 amide bonds. The first-order valence-corrected chi connectivity index (χ1v) is 6.07. The van der Waals surface area contributed by atoms with Crippen molar-refractivity contribution in [1.29, 1.82) is 0 Å². The van der Waals surface area contributed by atoms with E-state index in [2.05, 4.69) is 0 Å². The maximum Gasteiger partial charge on any atom is 0.145 e. The molecule has 0 heterocycles. The van der Waals surface area contributed by atoms with Crippen LogP contribution in [0.2, 0.25) is 0 Å². The molecule has 1 unspecified atom stereocenters. The lowest BCUT2D eigenvalue weighted by atomic mass is 9.77. The number of carbonyl (C=O) groups excluding carboxylic acids is 1. The first kappa shape index (κ1) is 10.1. The van der Waals surface area contributed by atoms with Crippen LogP contribution in [0.5, 0.6) is 0 Å². The molecule has 1 atom stereocenters. The van der Waals surface area contributed by atoms with Crippen LogP contribution in [0.3, 0.4) is 0 Å². The summed E-state index contributed by atoms with van der Waals surface area (Å²) in [5.74, 6) is -0.963. The third-order valence-electron chi connectivity index (χ3n) is 3.49. The van der Waals surface area contributed by atoms with Gasteiger partial charge in [-0.05, 0) is 18.4 Å². The van der Waals surface area contributed by atoms with Crippen molar-refractivity contribution in [3.8, 4) is 0 Å². The number of hydrogen-bond acceptors (Lipinski definition) is 1. The molecule has 2 rings (SSSR count). The van der Waals surface area contributed by atoms with E-state index in [1.54, 1.807) is 0 Å². The van der Waals surface area contributed by atoms with Gasteiger partial charge in [0.05, 0.1) is 0 Å². The first-order chi connectivity index (χ1) is 7.97. The highest BCUT2D eigenvalue weighted by atomic mass is 16.1. The highest BCUT2D eigenvalue weighted by Gasteiger charge is 2.35. The predicted octanol–water partition coefficient (Wildman–Crippen LogP) is 3.94. The zero-order valence-electron chi connectivity index (χ0n) is 11.1. The summed E-state index contributed by atoms with van der Waals surface area (Å²) in [6.07, 6.45) is 3.57. The normalized spacial score (nSPS) is 30.6. The van der Waals surface area contributed by atoms with Crippen LogP contribution in [0.25, 0.3) is 0 Å². The van der Waals surface area contributed by atoms with Crippen molar-refractivity contribution < 1.29 is 6.17 Å². The molecule has 1 fully saturated rings. The van der Waals surface area contributed by atoms with Gasteiger partial charge in [-0.15, -0.1) is 0 Å². The van der Waals surface area contributed by atoms with E-state index in [1.165, 1.54) is 0 Å². The zero-order valence-corrected chi connectivity index (χ0v) is 10.1. The molecule has 1 heteroatoms. The van der Waals surface area contributed by atoms with Gasteiger partial charge in [0.1, 0.15) is 5.78 Å². The van der Waals surface area contributed by atoms with E-state index in [0.29, 0.717) is 6.42 Å². The number of Topliss-reactive ketones (excluding diaryl/α,β-unsaturated/α-hetero) is 1. The summed E-state index contributed by atoms with van der Waals surface area (Å²) in [6, 6.07) is 9.57. The summed E-state index contributed by atoms with van der Waals surface area (Å²) in [6.45, 7) is 3.96. The van der Waals surface area contributed by atoms with Crippen molar-refractivity contribution in [2.45, 2.75) is 45.4 Å². The van der Waals surface area contributed by atoms with E-state index in [1.807, 2.05) is 44.2 Å². The molecular weight excluding hydrogens is 196 g/mol. The summed E-state index contributed by atoms with van der Waals surface area (Å²) in [5.41, 5.74) is 0.480. The summed E-state index contributed by atoms with van der Waals surface area (Å²) in [5, 5.41) is 0. The summed E-state index contributed by atoms with van der Waals surface area (Å²) >= 11 is 0. The molecule has 0 saturated heterocycles. The molecule has 1 aliphatic carbocycles. The van der Waals surface area contributed by atoms with Gasteiger partial charge in [0.15, 0.2) is 0 Å². The molecule has 0 radical (unpaired) electrons. The largest absolute Gasteiger partial charge is 0.298 e. The molecule has 1 saturated carbocycles. The molecule has 1 aromatic carbocycles. The van der Waals surface area contributed by atoms with Crippen molar-refractivity contribution in [3.63, 3.8) is 0 Å². The smallest absolute Gasteiger partial charge is 0.145 e. The molecule has 1 aliphatic rings. The maximum absolute atomic E-state index is 12.6. The molecule has 0 bridgehead atoms. The van der Waals surface area contributed by atoms with Gasteiger partial charge in [0.2, 0.25) is 0 Å². The van der Waals surface area contributed by atoms with Gasteiger partial charge in [0.25, 0.3) is 0 Å². The third kappa shape index (κ3) is 2.18. The van der Waals surface area contributed by atoms with Gasteiger partial charge in [-0.3, -0.25) is 4.79 Å². The molecule has 0 aliphatic heterocycles. The standard InChI is InChI=1S/C15H20O/c1-15(2)11-7-6-10-13(14(15)16)12-8-4-3-5-9-12/h3-5,8-9,13H,6-7,10-11H2,1-2H3/i13D. The third-order valence-corrected chi connectivity index (χ3v) is 3.49. The molecule has 16 heavy (non-hydrogen) atoms. The number of rotatable bonds is 1. The zero-order chi connectivity index (χ0) is 12.5. The summed E-state index contributed by atoms with van der Waals surface area (Å²) in [7, 11) is 0. The minimum atomic E-state index is -1.04. The van der Waals surface area contributed by atoms with Crippen LogP contribution in [0.15, 0.2) is 30.3 Å². The van der Waals surface area contributed by atoms with E-state index in [0.717, 1.165) is 24.8 Å². The lowest BCUT2D eigenvalue weighted by Gasteiger charge is -2.25. The monoisotopic (exact) mass is 217 g/mol. The Morgan fingerprint density at radius 2 is 1.94 bits per heavy atom. The highest BCUT2D eigenvalue weighted by molar-refractivity contribution is 5.90. The Hall–Kier alpha value is -1.11. The Morgan fingerprint density at radius 1 is 1.25 bits per heavy atom. The van der Waals surface area contributed by atoms with Crippen LogP contribution < -0.4 is 0 Å². The second kappa shape index (κ2) is 4.40. The molecule has 1 nitrogen and oxygen atoms in total. The summed E-state index contributed by atoms with van der Waals surface area (Å²) < 4.78 is 8.61. The van der Waals surface area contributed by atoms with Gasteiger partial charge >= 0.3 is 0 Å². The lowest BCUT2D eigenvalue weighted by Crippen LogP contribution is -2.27. The SMILES string of the molecule is [2H]C1(c2ccccc2)CCCCC(C)(C)C1=O. The Bertz CT molecular complexity index is 410. The Labute approximate surface area is 99.3 Å². The molecule has 0 N–H and O–H groups in total. The number of benzene rings is 1. The number of carbonyl (C=O) groups is 1. The lowest BCUT2D eigenvalue weighted by molar-refractivity contribution is -0.128. The van der Waals surface area contributed by atoms with Crippen LogP contribution in [0.1, 0.15) is 52.4 Å².